The number of carbonyl (C=O) groups is 1. The van der Waals surface area contributed by atoms with Gasteiger partial charge in [0.25, 0.3) is 5.91 Å². The van der Waals surface area contributed by atoms with Crippen LogP contribution in [0.15, 0.2) is 54.6 Å². The minimum atomic E-state index is -3.09. The van der Waals surface area contributed by atoms with Crippen molar-refractivity contribution in [2.75, 3.05) is 18.6 Å². The molecule has 1 amide bonds. The number of carbonyl (C=O) groups excluding carboxylic acids is 1. The Labute approximate surface area is 142 Å². The molecule has 0 spiro atoms. The molecule has 0 aromatic heterocycles. The predicted octanol–water partition coefficient (Wildman–Crippen LogP) is 2.28. The number of amides is 1. The lowest BCUT2D eigenvalue weighted by atomic mass is 10.1. The highest BCUT2D eigenvalue weighted by molar-refractivity contribution is 7.90. The number of hydrogen-bond donors (Lipinski definition) is 1. The fraction of sp³-hybridized carbons (Fsp3) is 0.278. The first-order valence-corrected chi connectivity index (χ1v) is 9.69. The van der Waals surface area contributed by atoms with Crippen LogP contribution in [0.3, 0.4) is 0 Å². The molecule has 6 heteroatoms. The van der Waals surface area contributed by atoms with Gasteiger partial charge >= 0.3 is 0 Å². The van der Waals surface area contributed by atoms with E-state index in [4.69, 9.17) is 4.74 Å². The molecule has 0 saturated heterocycles. The van der Waals surface area contributed by atoms with Gasteiger partial charge in [0.1, 0.15) is 15.6 Å². The predicted molar refractivity (Wildman–Crippen MR) is 94.7 cm³/mol. The third kappa shape index (κ3) is 5.70. The normalized spacial score (nSPS) is 12.4. The van der Waals surface area contributed by atoms with E-state index in [0.29, 0.717) is 5.75 Å². The lowest BCUT2D eigenvalue weighted by molar-refractivity contribution is -0.127. The average Bonchev–Trinajstić information content (AvgIpc) is 2.55. The summed E-state index contributed by atoms with van der Waals surface area (Å²) in [4.78, 5) is 11.9. The largest absolute Gasteiger partial charge is 0.481 e. The van der Waals surface area contributed by atoms with Crippen LogP contribution < -0.4 is 10.1 Å². The van der Waals surface area contributed by atoms with E-state index in [0.717, 1.165) is 17.4 Å². The van der Waals surface area contributed by atoms with Crippen molar-refractivity contribution in [3.05, 3.63) is 54.6 Å². The topological polar surface area (TPSA) is 72.5 Å². The zero-order valence-electron chi connectivity index (χ0n) is 13.7. The van der Waals surface area contributed by atoms with Crippen molar-refractivity contribution < 1.29 is 17.9 Å². The highest BCUT2D eigenvalue weighted by atomic mass is 32.2. The van der Waals surface area contributed by atoms with Crippen LogP contribution in [0.4, 0.5) is 0 Å². The van der Waals surface area contributed by atoms with Gasteiger partial charge in [-0.2, -0.15) is 0 Å². The van der Waals surface area contributed by atoms with E-state index in [9.17, 15) is 13.2 Å². The Morgan fingerprint density at radius 2 is 1.62 bits per heavy atom. The van der Waals surface area contributed by atoms with Crippen LogP contribution in [-0.2, 0) is 14.6 Å². The molecule has 0 radical (unpaired) electrons. The van der Waals surface area contributed by atoms with E-state index in [1.807, 2.05) is 54.6 Å². The van der Waals surface area contributed by atoms with Crippen molar-refractivity contribution in [1.82, 2.24) is 5.32 Å². The molecular formula is C18H21NO4S. The van der Waals surface area contributed by atoms with Gasteiger partial charge in [-0.05, 0) is 30.2 Å². The van der Waals surface area contributed by atoms with Crippen molar-refractivity contribution in [2.45, 2.75) is 13.0 Å². The molecule has 1 atom stereocenters. The molecular weight excluding hydrogens is 326 g/mol. The Kier molecular flexibility index (Phi) is 5.98. The van der Waals surface area contributed by atoms with Crippen LogP contribution in [0, 0.1) is 0 Å². The SMILES string of the molecule is CC(Oc1ccc(-c2ccccc2)cc1)C(=O)NCCS(C)(=O)=O. The Balaban J connectivity index is 1.90. The summed E-state index contributed by atoms with van der Waals surface area (Å²) < 4.78 is 27.7. The minimum Gasteiger partial charge on any atom is -0.481 e. The molecule has 2 aromatic carbocycles. The van der Waals surface area contributed by atoms with Crippen molar-refractivity contribution in [3.8, 4) is 16.9 Å². The molecule has 0 fully saturated rings. The number of nitrogens with one attached hydrogen (secondary N) is 1. The number of hydrogen-bond acceptors (Lipinski definition) is 4. The van der Waals surface area contributed by atoms with Crippen LogP contribution in [0.5, 0.6) is 5.75 Å². The third-order valence-corrected chi connectivity index (χ3v) is 4.36. The number of benzene rings is 2. The first-order valence-electron chi connectivity index (χ1n) is 7.63. The van der Waals surface area contributed by atoms with Gasteiger partial charge in [-0.3, -0.25) is 4.79 Å². The molecule has 2 aromatic rings. The van der Waals surface area contributed by atoms with Gasteiger partial charge in [-0.25, -0.2) is 8.42 Å². The van der Waals surface area contributed by atoms with Crippen LogP contribution in [0.1, 0.15) is 6.92 Å². The monoisotopic (exact) mass is 347 g/mol. The molecule has 128 valence electrons. The summed E-state index contributed by atoms with van der Waals surface area (Å²) in [6.45, 7) is 1.71. The molecule has 0 heterocycles. The summed E-state index contributed by atoms with van der Waals surface area (Å²) in [6, 6.07) is 17.4. The van der Waals surface area contributed by atoms with Crippen LogP contribution >= 0.6 is 0 Å². The van der Waals surface area contributed by atoms with Gasteiger partial charge in [0, 0.05) is 12.8 Å². The Bertz CT molecular complexity index is 770. The maximum atomic E-state index is 11.9. The number of rotatable bonds is 7. The summed E-state index contributed by atoms with van der Waals surface area (Å²) in [5.74, 6) is 0.156. The lowest BCUT2D eigenvalue weighted by Gasteiger charge is -2.15. The lowest BCUT2D eigenvalue weighted by Crippen LogP contribution is -2.38. The van der Waals surface area contributed by atoms with Crippen LogP contribution in [0.25, 0.3) is 11.1 Å². The van der Waals surface area contributed by atoms with Crippen molar-refractivity contribution in [3.63, 3.8) is 0 Å². The second kappa shape index (κ2) is 7.97. The first-order chi connectivity index (χ1) is 11.3. The van der Waals surface area contributed by atoms with E-state index in [-0.39, 0.29) is 18.2 Å². The number of sulfone groups is 1. The third-order valence-electron chi connectivity index (χ3n) is 3.42. The van der Waals surface area contributed by atoms with Crippen molar-refractivity contribution >= 4 is 15.7 Å². The molecule has 0 aliphatic rings. The summed E-state index contributed by atoms with van der Waals surface area (Å²) in [5, 5.41) is 2.55. The van der Waals surface area contributed by atoms with E-state index < -0.39 is 15.9 Å². The molecule has 0 saturated carbocycles. The summed E-state index contributed by atoms with van der Waals surface area (Å²) >= 11 is 0. The second-order valence-electron chi connectivity index (χ2n) is 5.57. The maximum absolute atomic E-state index is 11.9. The molecule has 0 aliphatic heterocycles. The Hall–Kier alpha value is -2.34. The van der Waals surface area contributed by atoms with Gasteiger partial charge in [-0.15, -0.1) is 0 Å². The van der Waals surface area contributed by atoms with E-state index >= 15 is 0 Å². The van der Waals surface area contributed by atoms with Gasteiger partial charge in [0.2, 0.25) is 0 Å². The zero-order chi connectivity index (χ0) is 17.6. The van der Waals surface area contributed by atoms with E-state index in [1.165, 1.54) is 0 Å². The van der Waals surface area contributed by atoms with E-state index in [2.05, 4.69) is 5.32 Å². The Morgan fingerprint density at radius 3 is 2.21 bits per heavy atom. The van der Waals surface area contributed by atoms with Crippen molar-refractivity contribution in [1.29, 1.82) is 0 Å². The van der Waals surface area contributed by atoms with Gasteiger partial charge < -0.3 is 10.1 Å². The van der Waals surface area contributed by atoms with E-state index in [1.54, 1.807) is 6.92 Å². The fourth-order valence-electron chi connectivity index (χ4n) is 2.12. The first kappa shape index (κ1) is 18.0. The highest BCUT2D eigenvalue weighted by Gasteiger charge is 2.15. The molecule has 2 rings (SSSR count). The van der Waals surface area contributed by atoms with Gasteiger partial charge in [-0.1, -0.05) is 42.5 Å². The zero-order valence-corrected chi connectivity index (χ0v) is 14.5. The summed E-state index contributed by atoms with van der Waals surface area (Å²) in [7, 11) is -3.09. The van der Waals surface area contributed by atoms with Crippen molar-refractivity contribution in [2.24, 2.45) is 0 Å². The van der Waals surface area contributed by atoms with Crippen LogP contribution in [-0.4, -0.2) is 39.0 Å². The standard InChI is InChI=1S/C18H21NO4S/c1-14(18(20)19-12-13-24(2,21)22)23-17-10-8-16(9-11-17)15-6-4-3-5-7-15/h3-11,14H,12-13H2,1-2H3,(H,19,20). The fourth-order valence-corrected chi connectivity index (χ4v) is 2.59. The maximum Gasteiger partial charge on any atom is 0.260 e. The minimum absolute atomic E-state index is 0.0817. The molecule has 0 bridgehead atoms. The molecule has 0 aliphatic carbocycles. The summed E-state index contributed by atoms with van der Waals surface area (Å²) in [5.41, 5.74) is 2.17. The highest BCUT2D eigenvalue weighted by Crippen LogP contribution is 2.22. The second-order valence-corrected chi connectivity index (χ2v) is 7.83. The average molecular weight is 347 g/mol. The molecule has 1 N–H and O–H groups in total. The van der Waals surface area contributed by atoms with Gasteiger partial charge in [0.05, 0.1) is 5.75 Å². The molecule has 5 nitrogen and oxygen atoms in total. The number of ether oxygens (including phenoxy) is 1. The molecule has 1 unspecified atom stereocenters. The smallest absolute Gasteiger partial charge is 0.260 e. The van der Waals surface area contributed by atoms with Gasteiger partial charge in [0.15, 0.2) is 6.10 Å². The summed E-state index contributed by atoms with van der Waals surface area (Å²) in [6.07, 6.45) is 0.431. The Morgan fingerprint density at radius 1 is 1.04 bits per heavy atom. The molecule has 24 heavy (non-hydrogen) atoms. The quantitative estimate of drug-likeness (QED) is 0.834. The van der Waals surface area contributed by atoms with Crippen LogP contribution in [0.2, 0.25) is 0 Å².